The highest BCUT2D eigenvalue weighted by Gasteiger charge is 2.22. The highest BCUT2D eigenvalue weighted by molar-refractivity contribution is 6.33. The number of nitro benzene ring substituents is 1. The van der Waals surface area contributed by atoms with Crippen LogP contribution < -0.4 is 0 Å². The van der Waals surface area contributed by atoms with Gasteiger partial charge in [0.2, 0.25) is 5.78 Å². The molecule has 1 atom stereocenters. The molecule has 0 aliphatic carbocycles. The monoisotopic (exact) mass is 408 g/mol. The van der Waals surface area contributed by atoms with Crippen LogP contribution in [0.5, 0.6) is 0 Å². The van der Waals surface area contributed by atoms with Crippen LogP contribution in [0.15, 0.2) is 24.3 Å². The molecule has 0 radical (unpaired) electrons. The van der Waals surface area contributed by atoms with Crippen LogP contribution in [0.3, 0.4) is 0 Å². The fourth-order valence-electron chi connectivity index (χ4n) is 3.12. The van der Waals surface area contributed by atoms with Crippen molar-refractivity contribution in [1.29, 1.82) is 0 Å². The molecule has 1 heterocycles. The smallest absolute Gasteiger partial charge is 0.340 e. The number of esters is 1. The van der Waals surface area contributed by atoms with Gasteiger partial charge in [-0.2, -0.15) is 0 Å². The van der Waals surface area contributed by atoms with Gasteiger partial charge in [0, 0.05) is 36.2 Å². The third kappa shape index (κ3) is 4.58. The summed E-state index contributed by atoms with van der Waals surface area (Å²) in [4.78, 5) is 35.0. The van der Waals surface area contributed by atoms with Gasteiger partial charge in [0.1, 0.15) is 0 Å². The number of ketones is 1. The molecule has 2 rings (SSSR count). The van der Waals surface area contributed by atoms with E-state index in [1.165, 1.54) is 12.1 Å². The Bertz CT molecular complexity index is 921. The van der Waals surface area contributed by atoms with E-state index >= 15 is 0 Å². The van der Waals surface area contributed by atoms with Gasteiger partial charge in [-0.25, -0.2) is 4.79 Å². The molecule has 9 heteroatoms. The number of nitro groups is 1. The zero-order chi connectivity index (χ0) is 21.0. The third-order valence-electron chi connectivity index (χ3n) is 4.35. The maximum absolute atomic E-state index is 12.5. The second-order valence-electron chi connectivity index (χ2n) is 6.38. The summed E-state index contributed by atoms with van der Waals surface area (Å²) in [5.41, 5.74) is 1.62. The molecule has 8 nitrogen and oxygen atoms in total. The zero-order valence-electron chi connectivity index (χ0n) is 16.0. The standard InChI is InChI=1S/C19H21ClN2O6/c1-11-7-15(13(3)21(11)12(2)9-27-4)18(23)10-28-19(24)16-8-14(22(25)26)5-6-17(16)20/h5-8,12H,9-10H2,1-4H3/t12-/m1/s1. The second-order valence-corrected chi connectivity index (χ2v) is 6.79. The molecular weight excluding hydrogens is 388 g/mol. The van der Waals surface area contributed by atoms with Gasteiger partial charge in [-0.05, 0) is 32.9 Å². The van der Waals surface area contributed by atoms with Crippen LogP contribution in [-0.2, 0) is 9.47 Å². The Labute approximate surface area is 167 Å². The summed E-state index contributed by atoms with van der Waals surface area (Å²) in [5.74, 6) is -1.28. The molecule has 2 aromatic rings. The van der Waals surface area contributed by atoms with Crippen LogP contribution >= 0.6 is 11.6 Å². The van der Waals surface area contributed by atoms with Crippen molar-refractivity contribution in [2.45, 2.75) is 26.8 Å². The predicted octanol–water partition coefficient (Wildman–Crippen LogP) is 3.91. The lowest BCUT2D eigenvalue weighted by Crippen LogP contribution is -2.17. The van der Waals surface area contributed by atoms with E-state index in [4.69, 9.17) is 21.1 Å². The van der Waals surface area contributed by atoms with Crippen LogP contribution in [0.2, 0.25) is 5.02 Å². The molecule has 0 aliphatic rings. The topological polar surface area (TPSA) is 101 Å². The normalized spacial score (nSPS) is 11.9. The van der Waals surface area contributed by atoms with Gasteiger partial charge < -0.3 is 14.0 Å². The Hall–Kier alpha value is -2.71. The first kappa shape index (κ1) is 21.6. The van der Waals surface area contributed by atoms with Crippen molar-refractivity contribution in [2.75, 3.05) is 20.3 Å². The number of hydrogen-bond donors (Lipinski definition) is 0. The molecule has 0 saturated carbocycles. The zero-order valence-corrected chi connectivity index (χ0v) is 16.8. The molecule has 0 aliphatic heterocycles. The van der Waals surface area contributed by atoms with Crippen molar-refractivity contribution in [2.24, 2.45) is 0 Å². The average Bonchev–Trinajstić information content (AvgIpc) is 2.94. The van der Waals surface area contributed by atoms with E-state index in [0.717, 1.165) is 17.5 Å². The number of aromatic nitrogens is 1. The summed E-state index contributed by atoms with van der Waals surface area (Å²) < 4.78 is 12.2. The number of carbonyl (C=O) groups is 2. The van der Waals surface area contributed by atoms with Crippen LogP contribution in [0.1, 0.15) is 45.1 Å². The number of halogens is 1. The van der Waals surface area contributed by atoms with E-state index in [1.54, 1.807) is 13.2 Å². The number of aryl methyl sites for hydroxylation is 1. The molecule has 0 amide bonds. The number of methoxy groups -OCH3 is 1. The SMILES string of the molecule is COC[C@@H](C)n1c(C)cc(C(=O)COC(=O)c2cc([N+](=O)[O-])ccc2Cl)c1C. The van der Waals surface area contributed by atoms with E-state index in [9.17, 15) is 19.7 Å². The van der Waals surface area contributed by atoms with Gasteiger partial charge in [0.05, 0.1) is 28.2 Å². The highest BCUT2D eigenvalue weighted by atomic mass is 35.5. The minimum absolute atomic E-state index is 0.00890. The fourth-order valence-corrected chi connectivity index (χ4v) is 3.32. The second kappa shape index (κ2) is 8.99. The summed E-state index contributed by atoms with van der Waals surface area (Å²) in [6.45, 7) is 5.66. The minimum atomic E-state index is -0.899. The largest absolute Gasteiger partial charge is 0.454 e. The maximum atomic E-state index is 12.5. The molecular formula is C19H21ClN2O6. The lowest BCUT2D eigenvalue weighted by atomic mass is 10.1. The van der Waals surface area contributed by atoms with Crippen molar-refractivity contribution in [1.82, 2.24) is 4.57 Å². The summed E-state index contributed by atoms with van der Waals surface area (Å²) in [6, 6.07) is 5.21. The Morgan fingerprint density at radius 3 is 2.54 bits per heavy atom. The number of rotatable bonds is 8. The Kier molecular flexibility index (Phi) is 6.93. The van der Waals surface area contributed by atoms with Crippen molar-refractivity contribution < 1.29 is 24.0 Å². The molecule has 150 valence electrons. The first-order valence-corrected chi connectivity index (χ1v) is 8.86. The summed E-state index contributed by atoms with van der Waals surface area (Å²) in [6.07, 6.45) is 0. The quantitative estimate of drug-likeness (QED) is 0.284. The van der Waals surface area contributed by atoms with E-state index < -0.39 is 17.5 Å². The van der Waals surface area contributed by atoms with Gasteiger partial charge in [0.15, 0.2) is 6.61 Å². The number of Topliss-reactive ketones (excluding diaryl/α,β-unsaturated/α-hetero) is 1. The number of carbonyl (C=O) groups excluding carboxylic acids is 2. The van der Waals surface area contributed by atoms with Gasteiger partial charge in [-0.1, -0.05) is 11.6 Å². The minimum Gasteiger partial charge on any atom is -0.454 e. The molecule has 1 aromatic heterocycles. The molecule has 1 aromatic carbocycles. The molecule has 0 fully saturated rings. The lowest BCUT2D eigenvalue weighted by molar-refractivity contribution is -0.384. The molecule has 0 saturated heterocycles. The average molecular weight is 409 g/mol. The van der Waals surface area contributed by atoms with Crippen molar-refractivity contribution in [3.63, 3.8) is 0 Å². The summed E-state index contributed by atoms with van der Waals surface area (Å²) >= 11 is 5.92. The first-order valence-electron chi connectivity index (χ1n) is 8.49. The van der Waals surface area contributed by atoms with Crippen LogP contribution in [0.25, 0.3) is 0 Å². The maximum Gasteiger partial charge on any atom is 0.340 e. The molecule has 0 bridgehead atoms. The van der Waals surface area contributed by atoms with Crippen LogP contribution in [0, 0.1) is 24.0 Å². The predicted molar refractivity (Wildman–Crippen MR) is 103 cm³/mol. The van der Waals surface area contributed by atoms with Gasteiger partial charge in [-0.15, -0.1) is 0 Å². The number of non-ortho nitro benzene ring substituents is 1. The van der Waals surface area contributed by atoms with E-state index in [0.29, 0.717) is 12.2 Å². The molecule has 0 unspecified atom stereocenters. The van der Waals surface area contributed by atoms with Gasteiger partial charge >= 0.3 is 5.97 Å². The molecule has 28 heavy (non-hydrogen) atoms. The first-order chi connectivity index (χ1) is 13.2. The Morgan fingerprint density at radius 2 is 1.93 bits per heavy atom. The van der Waals surface area contributed by atoms with Gasteiger partial charge in [0.25, 0.3) is 5.69 Å². The highest BCUT2D eigenvalue weighted by Crippen LogP contribution is 2.24. The number of nitrogens with zero attached hydrogens (tertiary/aromatic N) is 2. The van der Waals surface area contributed by atoms with E-state index in [1.807, 2.05) is 25.3 Å². The van der Waals surface area contributed by atoms with E-state index in [-0.39, 0.29) is 28.1 Å². The fraction of sp³-hybridized carbons (Fsp3) is 0.368. The number of hydrogen-bond acceptors (Lipinski definition) is 6. The number of benzene rings is 1. The Balaban J connectivity index is 2.15. The number of ether oxygens (including phenoxy) is 2. The van der Waals surface area contributed by atoms with Crippen LogP contribution in [0.4, 0.5) is 5.69 Å². The van der Waals surface area contributed by atoms with Crippen molar-refractivity contribution >= 4 is 29.0 Å². The summed E-state index contributed by atoms with van der Waals surface area (Å²) in [7, 11) is 1.61. The molecule has 0 spiro atoms. The van der Waals surface area contributed by atoms with Crippen LogP contribution in [-0.4, -0.2) is 41.6 Å². The third-order valence-corrected chi connectivity index (χ3v) is 4.68. The molecule has 0 N–H and O–H groups in total. The van der Waals surface area contributed by atoms with Crippen molar-refractivity contribution in [3.05, 3.63) is 61.9 Å². The summed E-state index contributed by atoms with van der Waals surface area (Å²) in [5, 5.41) is 10.9. The van der Waals surface area contributed by atoms with Gasteiger partial charge in [-0.3, -0.25) is 14.9 Å². The lowest BCUT2D eigenvalue weighted by Gasteiger charge is -2.17. The van der Waals surface area contributed by atoms with Crippen molar-refractivity contribution in [3.8, 4) is 0 Å². The Morgan fingerprint density at radius 1 is 1.25 bits per heavy atom. The van der Waals surface area contributed by atoms with E-state index in [2.05, 4.69) is 0 Å².